The van der Waals surface area contributed by atoms with Crippen molar-refractivity contribution in [3.05, 3.63) is 72.4 Å². The van der Waals surface area contributed by atoms with Crippen molar-refractivity contribution in [3.63, 3.8) is 0 Å². The largest absolute Gasteiger partial charge is 0.491 e. The highest BCUT2D eigenvalue weighted by molar-refractivity contribution is 6.36. The number of hydrogen-bond acceptors (Lipinski definition) is 5. The predicted octanol–water partition coefficient (Wildman–Crippen LogP) is 4.84. The highest BCUT2D eigenvalue weighted by Gasteiger charge is 2.38. The van der Waals surface area contributed by atoms with E-state index in [-0.39, 0.29) is 30.2 Å². The normalized spacial score (nSPS) is 16.6. The molecule has 2 aromatic carbocycles. The minimum atomic E-state index is -0.350. The molecule has 0 aromatic heterocycles. The van der Waals surface area contributed by atoms with Gasteiger partial charge in [-0.2, -0.15) is 0 Å². The predicted molar refractivity (Wildman–Crippen MR) is 132 cm³/mol. The van der Waals surface area contributed by atoms with Crippen LogP contribution in [0.3, 0.4) is 0 Å². The molecule has 33 heavy (non-hydrogen) atoms. The van der Waals surface area contributed by atoms with Crippen LogP contribution in [0, 0.1) is 0 Å². The summed E-state index contributed by atoms with van der Waals surface area (Å²) >= 11 is 0. The first kappa shape index (κ1) is 22.6. The Balaban J connectivity index is 1.62. The van der Waals surface area contributed by atoms with Crippen molar-refractivity contribution in [3.8, 4) is 5.75 Å². The lowest BCUT2D eigenvalue weighted by atomic mass is 10.0. The molecule has 0 spiro atoms. The molecule has 6 heteroatoms. The molecule has 0 radical (unpaired) electrons. The third kappa shape index (κ3) is 4.95. The number of benzene rings is 2. The minimum Gasteiger partial charge on any atom is -0.491 e. The first-order chi connectivity index (χ1) is 16.0. The van der Waals surface area contributed by atoms with Crippen LogP contribution in [0.15, 0.2) is 66.9 Å². The quantitative estimate of drug-likeness (QED) is 0.465. The summed E-state index contributed by atoms with van der Waals surface area (Å²) in [6.07, 6.45) is 5.33. The summed E-state index contributed by atoms with van der Waals surface area (Å²) in [6.45, 7) is 9.91. The molecular formula is C27H31N3O3. The maximum absolute atomic E-state index is 13.2. The van der Waals surface area contributed by atoms with Gasteiger partial charge in [0.15, 0.2) is 0 Å². The van der Waals surface area contributed by atoms with Gasteiger partial charge < -0.3 is 15.0 Å². The Hall–Kier alpha value is -3.54. The van der Waals surface area contributed by atoms with Gasteiger partial charge >= 0.3 is 0 Å². The molecule has 1 fully saturated rings. The zero-order chi connectivity index (χ0) is 23.4. The smallest absolute Gasteiger partial charge is 0.278 e. The maximum atomic E-state index is 13.2. The Bertz CT molecular complexity index is 1050. The van der Waals surface area contributed by atoms with E-state index in [4.69, 9.17) is 4.74 Å². The molecule has 172 valence electrons. The van der Waals surface area contributed by atoms with Crippen LogP contribution in [-0.2, 0) is 9.59 Å². The van der Waals surface area contributed by atoms with Crippen LogP contribution in [0.2, 0.25) is 0 Å². The van der Waals surface area contributed by atoms with E-state index in [0.717, 1.165) is 24.5 Å². The van der Waals surface area contributed by atoms with Gasteiger partial charge in [0.25, 0.3) is 11.8 Å². The van der Waals surface area contributed by atoms with Crippen molar-refractivity contribution in [1.82, 2.24) is 4.90 Å². The highest BCUT2D eigenvalue weighted by Crippen LogP contribution is 2.32. The monoisotopic (exact) mass is 445 g/mol. The summed E-state index contributed by atoms with van der Waals surface area (Å²) in [5.41, 5.74) is 3.26. The fourth-order valence-electron chi connectivity index (χ4n) is 4.28. The Morgan fingerprint density at radius 1 is 0.970 bits per heavy atom. The second-order valence-corrected chi connectivity index (χ2v) is 8.67. The topological polar surface area (TPSA) is 61.9 Å². The first-order valence-corrected chi connectivity index (χ1v) is 11.6. The number of anilines is 2. The van der Waals surface area contributed by atoms with Crippen LogP contribution < -0.4 is 15.0 Å². The third-order valence-corrected chi connectivity index (χ3v) is 5.85. The molecular weight excluding hydrogens is 414 g/mol. The molecule has 2 heterocycles. The summed E-state index contributed by atoms with van der Waals surface area (Å²) in [6, 6.07) is 15.3. The van der Waals surface area contributed by atoms with Crippen LogP contribution in [0.25, 0.3) is 5.57 Å². The van der Waals surface area contributed by atoms with E-state index in [2.05, 4.69) is 28.9 Å². The van der Waals surface area contributed by atoms with E-state index in [1.807, 2.05) is 50.2 Å². The van der Waals surface area contributed by atoms with Crippen LogP contribution in [0.1, 0.15) is 38.7 Å². The number of hydrogen-bond donors (Lipinski definition) is 1. The molecule has 0 atom stereocenters. The first-order valence-electron chi connectivity index (χ1n) is 11.6. The molecule has 4 rings (SSSR count). The van der Waals surface area contributed by atoms with Gasteiger partial charge in [-0.05, 0) is 75.1 Å². The molecule has 0 unspecified atom stereocenters. The zero-order valence-corrected chi connectivity index (χ0v) is 19.3. The van der Waals surface area contributed by atoms with E-state index < -0.39 is 0 Å². The number of nitrogens with zero attached hydrogens (tertiary/aromatic N) is 2. The Kier molecular flexibility index (Phi) is 6.82. The van der Waals surface area contributed by atoms with Crippen molar-refractivity contribution >= 4 is 28.8 Å². The van der Waals surface area contributed by atoms with Crippen LogP contribution >= 0.6 is 0 Å². The number of rotatable bonds is 8. The van der Waals surface area contributed by atoms with Gasteiger partial charge in [-0.1, -0.05) is 18.2 Å². The summed E-state index contributed by atoms with van der Waals surface area (Å²) < 4.78 is 5.71. The molecule has 0 aliphatic carbocycles. The number of nitrogens with one attached hydrogen (secondary N) is 1. The van der Waals surface area contributed by atoms with Gasteiger partial charge in [-0.3, -0.25) is 14.5 Å². The van der Waals surface area contributed by atoms with Gasteiger partial charge in [-0.15, -0.1) is 6.58 Å². The van der Waals surface area contributed by atoms with E-state index in [1.165, 1.54) is 29.8 Å². The molecule has 0 saturated carbocycles. The minimum absolute atomic E-state index is 0.0537. The van der Waals surface area contributed by atoms with Crippen molar-refractivity contribution in [2.24, 2.45) is 0 Å². The molecule has 2 aliphatic heterocycles. The van der Waals surface area contributed by atoms with Gasteiger partial charge in [0.1, 0.15) is 11.4 Å². The fourth-order valence-corrected chi connectivity index (χ4v) is 4.28. The average Bonchev–Trinajstić information content (AvgIpc) is 3.05. The second kappa shape index (κ2) is 9.94. The van der Waals surface area contributed by atoms with E-state index in [0.29, 0.717) is 11.1 Å². The summed E-state index contributed by atoms with van der Waals surface area (Å²) in [7, 11) is 0. The van der Waals surface area contributed by atoms with Gasteiger partial charge in [0, 0.05) is 31.0 Å². The van der Waals surface area contributed by atoms with Crippen molar-refractivity contribution in [2.75, 3.05) is 29.9 Å². The van der Waals surface area contributed by atoms with E-state index in [1.54, 1.807) is 6.08 Å². The number of amides is 2. The summed E-state index contributed by atoms with van der Waals surface area (Å²) in [4.78, 5) is 29.9. The van der Waals surface area contributed by atoms with Crippen molar-refractivity contribution in [1.29, 1.82) is 0 Å². The third-order valence-electron chi connectivity index (χ3n) is 5.85. The molecule has 2 amide bonds. The number of imide groups is 1. The zero-order valence-electron chi connectivity index (χ0n) is 19.3. The standard InChI is InChI=1S/C27H31N3O3/c1-4-16-30-26(31)24(20-8-14-23(15-9-20)33-19(2)3)25(27(30)32)28-21-10-12-22(13-11-21)29-17-6-5-7-18-29/h4,8-15,19,28H,1,5-7,16-18H2,2-3H3. The van der Waals surface area contributed by atoms with Crippen molar-refractivity contribution < 1.29 is 14.3 Å². The van der Waals surface area contributed by atoms with Crippen LogP contribution in [0.5, 0.6) is 5.75 Å². The maximum Gasteiger partial charge on any atom is 0.278 e. The molecule has 2 aromatic rings. The molecule has 2 aliphatic rings. The van der Waals surface area contributed by atoms with Crippen LogP contribution in [0.4, 0.5) is 11.4 Å². The van der Waals surface area contributed by atoms with Gasteiger partial charge in [0.05, 0.1) is 11.7 Å². The van der Waals surface area contributed by atoms with Crippen LogP contribution in [-0.4, -0.2) is 42.5 Å². The molecule has 0 bridgehead atoms. The summed E-state index contributed by atoms with van der Waals surface area (Å²) in [5, 5.41) is 3.22. The second-order valence-electron chi connectivity index (χ2n) is 8.67. The number of carbonyl (C=O) groups excluding carboxylic acids is 2. The fraction of sp³-hybridized carbons (Fsp3) is 0.333. The lowest BCUT2D eigenvalue weighted by Gasteiger charge is -2.28. The van der Waals surface area contributed by atoms with Crippen molar-refractivity contribution in [2.45, 2.75) is 39.2 Å². The lowest BCUT2D eigenvalue weighted by Crippen LogP contribution is -2.32. The SMILES string of the molecule is C=CCN1C(=O)C(Nc2ccc(N3CCCCC3)cc2)=C(c2ccc(OC(C)C)cc2)C1=O. The molecule has 1 N–H and O–H groups in total. The highest BCUT2D eigenvalue weighted by atomic mass is 16.5. The molecule has 1 saturated heterocycles. The number of piperidine rings is 1. The number of carbonyl (C=O) groups is 2. The Morgan fingerprint density at radius 2 is 1.64 bits per heavy atom. The Labute approximate surface area is 195 Å². The van der Waals surface area contributed by atoms with Gasteiger partial charge in [0.2, 0.25) is 0 Å². The Morgan fingerprint density at radius 3 is 2.24 bits per heavy atom. The van der Waals surface area contributed by atoms with E-state index >= 15 is 0 Å². The lowest BCUT2D eigenvalue weighted by molar-refractivity contribution is -0.136. The number of ether oxygens (including phenoxy) is 1. The molecule has 6 nitrogen and oxygen atoms in total. The van der Waals surface area contributed by atoms with E-state index in [9.17, 15) is 9.59 Å². The summed E-state index contributed by atoms with van der Waals surface area (Å²) in [5.74, 6) is 0.0410. The average molecular weight is 446 g/mol. The van der Waals surface area contributed by atoms with Gasteiger partial charge in [-0.25, -0.2) is 0 Å².